The van der Waals surface area contributed by atoms with E-state index in [9.17, 15) is 4.79 Å². The van der Waals surface area contributed by atoms with Crippen molar-refractivity contribution in [2.75, 3.05) is 45.0 Å². The predicted octanol–water partition coefficient (Wildman–Crippen LogP) is 1.06. The monoisotopic (exact) mass is 334 g/mol. The van der Waals surface area contributed by atoms with Gasteiger partial charge in [0.2, 0.25) is 0 Å². The molecular weight excluding hydrogens is 308 g/mol. The third-order valence-electron chi connectivity index (χ3n) is 5.30. The normalized spacial score (nSPS) is 23.0. The molecule has 0 saturated carbocycles. The fourth-order valence-corrected chi connectivity index (χ4v) is 4.84. The number of aryl methyl sites for hydroxylation is 1. The summed E-state index contributed by atoms with van der Waals surface area (Å²) in [5, 5.41) is 4.63. The summed E-state index contributed by atoms with van der Waals surface area (Å²) in [6, 6.07) is 1.82. The lowest BCUT2D eigenvalue weighted by Crippen LogP contribution is -2.51. The largest absolute Gasteiger partial charge is 0.302 e. The van der Waals surface area contributed by atoms with Gasteiger partial charge in [0.05, 0.1) is 12.2 Å². The molecule has 1 aromatic rings. The average molecular weight is 334 g/mol. The number of aromatic nitrogens is 2. The molecule has 4 rings (SSSR count). The molecule has 1 aromatic heterocycles. The summed E-state index contributed by atoms with van der Waals surface area (Å²) in [4.78, 5) is 17.3. The third-order valence-corrected chi connectivity index (χ3v) is 6.31. The van der Waals surface area contributed by atoms with Crippen molar-refractivity contribution in [3.05, 3.63) is 27.7 Å². The molecule has 0 atom stereocenters. The molecule has 0 unspecified atom stereocenters. The van der Waals surface area contributed by atoms with Gasteiger partial charge >= 0.3 is 0 Å². The van der Waals surface area contributed by atoms with Crippen molar-refractivity contribution >= 4 is 11.8 Å². The maximum absolute atomic E-state index is 12.2. The van der Waals surface area contributed by atoms with Crippen LogP contribution in [0.15, 0.2) is 10.9 Å². The highest BCUT2D eigenvalue weighted by molar-refractivity contribution is 7.98. The zero-order chi connectivity index (χ0) is 15.6. The molecule has 126 valence electrons. The SMILES string of the molecule is O=c1cc2c(nn1CC1CN(CCN3CCCC3)C1)CCSC2. The zero-order valence-electron chi connectivity index (χ0n) is 13.7. The van der Waals surface area contributed by atoms with Crippen LogP contribution in [0.2, 0.25) is 0 Å². The first kappa shape index (κ1) is 15.7. The van der Waals surface area contributed by atoms with Crippen LogP contribution in [0.4, 0.5) is 0 Å². The molecule has 2 saturated heterocycles. The van der Waals surface area contributed by atoms with Crippen molar-refractivity contribution < 1.29 is 0 Å². The van der Waals surface area contributed by atoms with Gasteiger partial charge in [-0.25, -0.2) is 4.68 Å². The van der Waals surface area contributed by atoms with E-state index >= 15 is 0 Å². The van der Waals surface area contributed by atoms with Gasteiger partial charge < -0.3 is 9.80 Å². The van der Waals surface area contributed by atoms with E-state index in [1.807, 2.05) is 17.8 Å². The Bertz CT molecular complexity index is 605. The van der Waals surface area contributed by atoms with Gasteiger partial charge in [-0.3, -0.25) is 4.79 Å². The average Bonchev–Trinajstić information content (AvgIpc) is 3.03. The Kier molecular flexibility index (Phi) is 4.73. The fourth-order valence-electron chi connectivity index (χ4n) is 3.89. The summed E-state index contributed by atoms with van der Waals surface area (Å²) in [6.07, 6.45) is 3.75. The summed E-state index contributed by atoms with van der Waals surface area (Å²) in [7, 11) is 0. The van der Waals surface area contributed by atoms with Crippen LogP contribution in [0.25, 0.3) is 0 Å². The smallest absolute Gasteiger partial charge is 0.267 e. The first-order chi connectivity index (χ1) is 11.3. The molecule has 0 radical (unpaired) electrons. The maximum Gasteiger partial charge on any atom is 0.267 e. The fraction of sp³-hybridized carbons (Fsp3) is 0.765. The minimum absolute atomic E-state index is 0.0850. The standard InChI is InChI=1S/C17H26N4OS/c22-17-9-15-13-23-8-3-16(15)18-21(17)12-14-10-20(11-14)7-6-19-4-1-2-5-19/h9,14H,1-8,10-13H2. The number of likely N-dealkylation sites (tertiary alicyclic amines) is 2. The van der Waals surface area contributed by atoms with Crippen molar-refractivity contribution in [1.29, 1.82) is 0 Å². The van der Waals surface area contributed by atoms with Crippen LogP contribution in [0.5, 0.6) is 0 Å². The number of hydrogen-bond donors (Lipinski definition) is 0. The summed E-state index contributed by atoms with van der Waals surface area (Å²) < 4.78 is 1.72. The van der Waals surface area contributed by atoms with E-state index < -0.39 is 0 Å². The van der Waals surface area contributed by atoms with Gasteiger partial charge in [0.15, 0.2) is 0 Å². The third kappa shape index (κ3) is 3.64. The Balaban J connectivity index is 1.27. The van der Waals surface area contributed by atoms with Crippen LogP contribution < -0.4 is 5.56 Å². The minimum atomic E-state index is 0.0850. The lowest BCUT2D eigenvalue weighted by molar-refractivity contribution is 0.0744. The number of fused-ring (bicyclic) bond motifs is 1. The van der Waals surface area contributed by atoms with Crippen molar-refractivity contribution in [3.63, 3.8) is 0 Å². The predicted molar refractivity (Wildman–Crippen MR) is 94.0 cm³/mol. The van der Waals surface area contributed by atoms with Crippen LogP contribution in [0, 0.1) is 5.92 Å². The van der Waals surface area contributed by atoms with E-state index in [-0.39, 0.29) is 5.56 Å². The van der Waals surface area contributed by atoms with Crippen molar-refractivity contribution in [3.8, 4) is 0 Å². The van der Waals surface area contributed by atoms with E-state index in [1.165, 1.54) is 39.0 Å². The summed E-state index contributed by atoms with van der Waals surface area (Å²) in [5.41, 5.74) is 2.39. The van der Waals surface area contributed by atoms with Gasteiger partial charge in [-0.15, -0.1) is 0 Å². The highest BCUT2D eigenvalue weighted by Crippen LogP contribution is 2.22. The first-order valence-corrected chi connectivity index (χ1v) is 10.1. The van der Waals surface area contributed by atoms with Crippen molar-refractivity contribution in [2.24, 2.45) is 5.92 Å². The Morgan fingerprint density at radius 3 is 2.78 bits per heavy atom. The molecule has 4 heterocycles. The molecule has 0 bridgehead atoms. The molecule has 6 heteroatoms. The van der Waals surface area contributed by atoms with Crippen LogP contribution in [-0.2, 0) is 18.7 Å². The lowest BCUT2D eigenvalue weighted by atomic mass is 10.0. The minimum Gasteiger partial charge on any atom is -0.302 e. The van der Waals surface area contributed by atoms with E-state index in [4.69, 9.17) is 0 Å². The van der Waals surface area contributed by atoms with Crippen LogP contribution in [-0.4, -0.2) is 64.6 Å². The molecule has 0 amide bonds. The van der Waals surface area contributed by atoms with Crippen LogP contribution in [0.1, 0.15) is 24.1 Å². The van der Waals surface area contributed by atoms with E-state index in [0.29, 0.717) is 5.92 Å². The van der Waals surface area contributed by atoms with Crippen LogP contribution >= 0.6 is 11.8 Å². The summed E-state index contributed by atoms with van der Waals surface area (Å²) in [5.74, 6) is 2.67. The second kappa shape index (κ2) is 6.95. The molecule has 3 aliphatic heterocycles. The Morgan fingerprint density at radius 2 is 1.96 bits per heavy atom. The van der Waals surface area contributed by atoms with Gasteiger partial charge in [0.25, 0.3) is 5.56 Å². The Labute approximate surface area is 142 Å². The molecule has 2 fully saturated rings. The maximum atomic E-state index is 12.2. The van der Waals surface area contributed by atoms with Gasteiger partial charge in [0.1, 0.15) is 0 Å². The lowest BCUT2D eigenvalue weighted by Gasteiger charge is -2.40. The summed E-state index contributed by atoms with van der Waals surface area (Å²) >= 11 is 1.90. The van der Waals surface area contributed by atoms with Crippen LogP contribution in [0.3, 0.4) is 0 Å². The molecule has 23 heavy (non-hydrogen) atoms. The van der Waals surface area contributed by atoms with Gasteiger partial charge in [-0.05, 0) is 37.2 Å². The van der Waals surface area contributed by atoms with Crippen molar-refractivity contribution in [2.45, 2.75) is 31.6 Å². The Morgan fingerprint density at radius 1 is 1.17 bits per heavy atom. The second-order valence-electron chi connectivity index (χ2n) is 7.11. The molecule has 0 spiro atoms. The highest BCUT2D eigenvalue weighted by Gasteiger charge is 2.28. The first-order valence-electron chi connectivity index (χ1n) is 8.90. The molecule has 0 aliphatic carbocycles. The Hall–Kier alpha value is -0.850. The second-order valence-corrected chi connectivity index (χ2v) is 8.22. The number of thioether (sulfide) groups is 1. The van der Waals surface area contributed by atoms with E-state index in [1.54, 1.807) is 4.68 Å². The highest BCUT2D eigenvalue weighted by atomic mass is 32.2. The van der Waals surface area contributed by atoms with Gasteiger partial charge in [0, 0.05) is 50.3 Å². The number of rotatable bonds is 5. The van der Waals surface area contributed by atoms with E-state index in [0.717, 1.165) is 48.8 Å². The molecule has 0 N–H and O–H groups in total. The quantitative estimate of drug-likeness (QED) is 0.805. The number of hydrogen-bond acceptors (Lipinski definition) is 5. The van der Waals surface area contributed by atoms with Crippen molar-refractivity contribution in [1.82, 2.24) is 19.6 Å². The number of nitrogens with zero attached hydrogens (tertiary/aromatic N) is 4. The summed E-state index contributed by atoms with van der Waals surface area (Å²) in [6.45, 7) is 7.99. The van der Waals surface area contributed by atoms with E-state index in [2.05, 4.69) is 14.9 Å². The molecule has 0 aromatic carbocycles. The van der Waals surface area contributed by atoms with Gasteiger partial charge in [-0.2, -0.15) is 16.9 Å². The topological polar surface area (TPSA) is 41.4 Å². The molecular formula is C17H26N4OS. The molecule has 3 aliphatic rings. The zero-order valence-corrected chi connectivity index (χ0v) is 14.6. The van der Waals surface area contributed by atoms with Gasteiger partial charge in [-0.1, -0.05) is 0 Å². The molecule has 5 nitrogen and oxygen atoms in total.